The average molecular weight is 398 g/mol. The number of hydrogen-bond donors (Lipinski definition) is 2. The number of nitrogens with one attached hydrogen (secondary N) is 1. The van der Waals surface area contributed by atoms with Crippen molar-refractivity contribution in [2.75, 3.05) is 33.3 Å². The van der Waals surface area contributed by atoms with E-state index >= 15 is 0 Å². The molecule has 1 atom stereocenters. The van der Waals surface area contributed by atoms with Gasteiger partial charge in [0.25, 0.3) is 0 Å². The molecular weight excluding hydrogens is 371 g/mol. The molecule has 3 rings (SSSR count). The Morgan fingerprint density at radius 3 is 2.42 bits per heavy atom. The molecular formula is C17H27Cl3N2O2. The summed E-state index contributed by atoms with van der Waals surface area (Å²) in [6.45, 7) is 3.98. The first-order chi connectivity index (χ1) is 10.7. The molecule has 2 aliphatic rings. The van der Waals surface area contributed by atoms with Gasteiger partial charge in [-0.1, -0.05) is 24.4 Å². The van der Waals surface area contributed by atoms with E-state index in [1.165, 1.54) is 25.7 Å². The minimum absolute atomic E-state index is 0. The fraction of sp³-hybridized carbons (Fsp3) is 0.647. The minimum Gasteiger partial charge on any atom is -0.506 e. The van der Waals surface area contributed by atoms with E-state index in [0.29, 0.717) is 10.9 Å². The Hall–Kier alpha value is -0.390. The molecule has 7 heteroatoms. The molecule has 138 valence electrons. The molecule has 24 heavy (non-hydrogen) atoms. The van der Waals surface area contributed by atoms with Crippen LogP contribution in [0.25, 0.3) is 0 Å². The highest BCUT2D eigenvalue weighted by Crippen LogP contribution is 2.48. The summed E-state index contributed by atoms with van der Waals surface area (Å²) >= 11 is 6.20. The summed E-state index contributed by atoms with van der Waals surface area (Å²) in [7, 11) is 1.66. The number of rotatable bonds is 4. The van der Waals surface area contributed by atoms with Crippen molar-refractivity contribution in [3.63, 3.8) is 0 Å². The fourth-order valence-electron chi connectivity index (χ4n) is 3.98. The number of piperazine rings is 1. The van der Waals surface area contributed by atoms with Crippen LogP contribution in [0.3, 0.4) is 0 Å². The summed E-state index contributed by atoms with van der Waals surface area (Å²) in [6.07, 6.45) is 4.97. The molecule has 0 unspecified atom stereocenters. The Morgan fingerprint density at radius 2 is 1.83 bits per heavy atom. The van der Waals surface area contributed by atoms with Gasteiger partial charge in [-0.3, -0.25) is 4.90 Å². The predicted molar refractivity (Wildman–Crippen MR) is 103 cm³/mol. The van der Waals surface area contributed by atoms with Gasteiger partial charge >= 0.3 is 0 Å². The number of ether oxygens (including phenoxy) is 1. The van der Waals surface area contributed by atoms with Crippen molar-refractivity contribution < 1.29 is 9.84 Å². The predicted octanol–water partition coefficient (Wildman–Crippen LogP) is 4.03. The molecule has 2 fully saturated rings. The highest BCUT2D eigenvalue weighted by atomic mass is 35.5. The molecule has 1 aromatic carbocycles. The second-order valence-corrected chi connectivity index (χ2v) is 6.69. The molecule has 1 saturated heterocycles. The third-order valence-corrected chi connectivity index (χ3v) is 5.34. The van der Waals surface area contributed by atoms with Gasteiger partial charge < -0.3 is 15.2 Å². The third kappa shape index (κ3) is 4.41. The first-order valence-corrected chi connectivity index (χ1v) is 8.60. The molecule has 1 aliphatic heterocycles. The van der Waals surface area contributed by atoms with Gasteiger partial charge in [0.05, 0.1) is 17.7 Å². The number of phenolic OH excluding ortho intramolecular Hbond substituents is 1. The number of aromatic hydroxyl groups is 1. The molecule has 4 nitrogen and oxygen atoms in total. The van der Waals surface area contributed by atoms with Crippen LogP contribution in [-0.4, -0.2) is 43.3 Å². The molecule has 1 aromatic rings. The lowest BCUT2D eigenvalue weighted by Crippen LogP contribution is -2.46. The van der Waals surface area contributed by atoms with Crippen molar-refractivity contribution in [1.82, 2.24) is 10.2 Å². The lowest BCUT2D eigenvalue weighted by atomic mass is 9.88. The Balaban J connectivity index is 0.00000144. The first-order valence-electron chi connectivity index (χ1n) is 8.22. The quantitative estimate of drug-likeness (QED) is 0.805. The number of phenols is 1. The van der Waals surface area contributed by atoms with E-state index in [9.17, 15) is 5.11 Å². The van der Waals surface area contributed by atoms with Crippen molar-refractivity contribution in [3.8, 4) is 11.5 Å². The molecule has 0 spiro atoms. The van der Waals surface area contributed by atoms with Crippen LogP contribution in [0.4, 0.5) is 0 Å². The number of methoxy groups -OCH3 is 1. The van der Waals surface area contributed by atoms with Crippen LogP contribution in [0.15, 0.2) is 12.1 Å². The zero-order valence-corrected chi connectivity index (χ0v) is 16.4. The standard InChI is InChI=1S/C17H25ClN2O2.2ClH/c1-22-14-7-6-13(18)17(21)15(14)16(12-4-2-3-5-12)20-10-8-19-9-11-20;;/h6-7,12,16,19,21H,2-5,8-11H2,1H3;2*1H/t16-;;/m1../s1. The normalized spacial score (nSPS) is 20.1. The molecule has 1 aliphatic carbocycles. The summed E-state index contributed by atoms with van der Waals surface area (Å²) in [5, 5.41) is 14.4. The zero-order chi connectivity index (χ0) is 15.5. The van der Waals surface area contributed by atoms with Crippen molar-refractivity contribution in [2.45, 2.75) is 31.7 Å². The smallest absolute Gasteiger partial charge is 0.142 e. The summed E-state index contributed by atoms with van der Waals surface area (Å²) in [5.74, 6) is 1.50. The first kappa shape index (κ1) is 21.7. The maximum absolute atomic E-state index is 10.6. The largest absolute Gasteiger partial charge is 0.506 e. The third-order valence-electron chi connectivity index (χ3n) is 5.03. The second-order valence-electron chi connectivity index (χ2n) is 6.29. The number of nitrogens with zero attached hydrogens (tertiary/aromatic N) is 1. The fourth-order valence-corrected chi connectivity index (χ4v) is 4.14. The maximum atomic E-state index is 10.6. The number of halogens is 3. The van der Waals surface area contributed by atoms with Gasteiger partial charge in [-0.25, -0.2) is 0 Å². The van der Waals surface area contributed by atoms with Crippen molar-refractivity contribution >= 4 is 36.4 Å². The summed E-state index contributed by atoms with van der Waals surface area (Å²) in [5.41, 5.74) is 0.879. The van der Waals surface area contributed by atoms with Gasteiger partial charge in [0.1, 0.15) is 11.5 Å². The van der Waals surface area contributed by atoms with Crippen LogP contribution >= 0.6 is 36.4 Å². The van der Waals surface area contributed by atoms with Crippen molar-refractivity contribution in [2.24, 2.45) is 5.92 Å². The van der Waals surface area contributed by atoms with Crippen LogP contribution in [0.5, 0.6) is 11.5 Å². The SMILES string of the molecule is COc1ccc(Cl)c(O)c1[C@@H](C1CCCC1)N1CCNCC1.Cl.Cl. The van der Waals surface area contributed by atoms with Crippen LogP contribution in [0.2, 0.25) is 5.02 Å². The Labute approximate surface area is 161 Å². The average Bonchev–Trinajstić information content (AvgIpc) is 3.07. The van der Waals surface area contributed by atoms with E-state index in [0.717, 1.165) is 37.5 Å². The maximum Gasteiger partial charge on any atom is 0.142 e. The Morgan fingerprint density at radius 1 is 1.21 bits per heavy atom. The number of hydrogen-bond acceptors (Lipinski definition) is 4. The van der Waals surface area contributed by atoms with Crippen LogP contribution in [-0.2, 0) is 0 Å². The summed E-state index contributed by atoms with van der Waals surface area (Å²) < 4.78 is 5.55. The minimum atomic E-state index is 0. The molecule has 0 bridgehead atoms. The van der Waals surface area contributed by atoms with Gasteiger partial charge in [-0.05, 0) is 30.9 Å². The molecule has 1 heterocycles. The monoisotopic (exact) mass is 396 g/mol. The van der Waals surface area contributed by atoms with E-state index in [4.69, 9.17) is 16.3 Å². The van der Waals surface area contributed by atoms with Crippen LogP contribution in [0, 0.1) is 5.92 Å². The van der Waals surface area contributed by atoms with Gasteiger partial charge in [0.15, 0.2) is 0 Å². The molecule has 0 radical (unpaired) electrons. The zero-order valence-electron chi connectivity index (χ0n) is 14.0. The van der Waals surface area contributed by atoms with E-state index in [1.54, 1.807) is 13.2 Å². The summed E-state index contributed by atoms with van der Waals surface area (Å²) in [4.78, 5) is 2.49. The van der Waals surface area contributed by atoms with Gasteiger partial charge in [0.2, 0.25) is 0 Å². The molecule has 0 amide bonds. The molecule has 0 aromatic heterocycles. The second kappa shape index (κ2) is 9.93. The van der Waals surface area contributed by atoms with E-state index < -0.39 is 0 Å². The Bertz CT molecular complexity index is 519. The van der Waals surface area contributed by atoms with Crippen molar-refractivity contribution in [3.05, 3.63) is 22.7 Å². The van der Waals surface area contributed by atoms with Crippen LogP contribution < -0.4 is 10.1 Å². The van der Waals surface area contributed by atoms with Gasteiger partial charge in [0, 0.05) is 32.2 Å². The number of benzene rings is 1. The lowest BCUT2D eigenvalue weighted by molar-refractivity contribution is 0.121. The topological polar surface area (TPSA) is 44.7 Å². The van der Waals surface area contributed by atoms with Gasteiger partial charge in [-0.2, -0.15) is 0 Å². The van der Waals surface area contributed by atoms with E-state index in [-0.39, 0.29) is 36.6 Å². The lowest BCUT2D eigenvalue weighted by Gasteiger charge is -2.39. The Kier molecular flexibility index (Phi) is 8.96. The van der Waals surface area contributed by atoms with Crippen molar-refractivity contribution in [1.29, 1.82) is 0 Å². The highest BCUT2D eigenvalue weighted by Gasteiger charge is 2.35. The molecule has 2 N–H and O–H groups in total. The highest BCUT2D eigenvalue weighted by molar-refractivity contribution is 6.32. The molecule has 1 saturated carbocycles. The summed E-state index contributed by atoms with van der Waals surface area (Å²) in [6, 6.07) is 3.78. The van der Waals surface area contributed by atoms with Gasteiger partial charge in [-0.15, -0.1) is 24.8 Å². The van der Waals surface area contributed by atoms with Crippen LogP contribution in [0.1, 0.15) is 37.3 Å². The van der Waals surface area contributed by atoms with E-state index in [2.05, 4.69) is 10.2 Å². The van der Waals surface area contributed by atoms with E-state index in [1.807, 2.05) is 6.07 Å².